The van der Waals surface area contributed by atoms with Gasteiger partial charge in [0.05, 0.1) is 18.7 Å². The molecule has 2 aromatic carbocycles. The molecule has 8 heteroatoms. The summed E-state index contributed by atoms with van der Waals surface area (Å²) in [6.07, 6.45) is -2.94. The SMILES string of the molecule is CCOc1ccc(NC(=O)c2cccn(Cc3ccc(C(F)(F)F)cc3)c2=O)cc1. The zero-order valence-corrected chi connectivity index (χ0v) is 16.1. The van der Waals surface area contributed by atoms with Crippen molar-refractivity contribution < 1.29 is 22.7 Å². The summed E-state index contributed by atoms with van der Waals surface area (Å²) in [5, 5.41) is 2.65. The number of halogens is 3. The van der Waals surface area contributed by atoms with Crippen LogP contribution in [0.15, 0.2) is 71.7 Å². The van der Waals surface area contributed by atoms with E-state index < -0.39 is 23.2 Å². The molecule has 0 aliphatic carbocycles. The molecule has 1 N–H and O–H groups in total. The second kappa shape index (κ2) is 8.86. The highest BCUT2D eigenvalue weighted by molar-refractivity contribution is 6.04. The molecule has 0 aliphatic heterocycles. The van der Waals surface area contributed by atoms with Gasteiger partial charge >= 0.3 is 6.18 Å². The van der Waals surface area contributed by atoms with E-state index in [0.717, 1.165) is 12.1 Å². The summed E-state index contributed by atoms with van der Waals surface area (Å²) >= 11 is 0. The molecule has 0 saturated carbocycles. The van der Waals surface area contributed by atoms with E-state index in [9.17, 15) is 22.8 Å². The Bertz CT molecular complexity index is 1070. The number of benzene rings is 2. The second-order valence-corrected chi connectivity index (χ2v) is 6.46. The number of aromatic nitrogens is 1. The molecule has 0 unspecified atom stereocenters. The molecule has 3 aromatic rings. The van der Waals surface area contributed by atoms with Gasteiger partial charge in [-0.25, -0.2) is 0 Å². The summed E-state index contributed by atoms with van der Waals surface area (Å²) in [6.45, 7) is 2.43. The molecule has 0 fully saturated rings. The first-order valence-corrected chi connectivity index (χ1v) is 9.17. The standard InChI is InChI=1S/C22H19F3N2O3/c1-2-30-18-11-9-17(10-12-18)26-20(28)19-4-3-13-27(21(19)29)14-15-5-7-16(8-6-15)22(23,24)25/h3-13H,2,14H2,1H3,(H,26,28). The fraction of sp³-hybridized carbons (Fsp3) is 0.182. The Morgan fingerprint density at radius 1 is 1.03 bits per heavy atom. The highest BCUT2D eigenvalue weighted by Gasteiger charge is 2.29. The topological polar surface area (TPSA) is 60.3 Å². The molecule has 0 saturated heterocycles. The van der Waals surface area contributed by atoms with Crippen LogP contribution in [0.4, 0.5) is 18.9 Å². The summed E-state index contributed by atoms with van der Waals surface area (Å²) in [5.41, 5.74) is -0.364. The number of rotatable bonds is 6. The number of carbonyl (C=O) groups is 1. The maximum absolute atomic E-state index is 12.7. The van der Waals surface area contributed by atoms with Crippen LogP contribution < -0.4 is 15.6 Å². The van der Waals surface area contributed by atoms with Crippen LogP contribution in [-0.2, 0) is 12.7 Å². The minimum atomic E-state index is -4.42. The predicted molar refractivity (Wildman–Crippen MR) is 107 cm³/mol. The maximum Gasteiger partial charge on any atom is 0.416 e. The van der Waals surface area contributed by atoms with Gasteiger partial charge in [-0.2, -0.15) is 13.2 Å². The number of amides is 1. The summed E-state index contributed by atoms with van der Waals surface area (Å²) in [4.78, 5) is 25.2. The minimum absolute atomic E-state index is 0.0428. The lowest BCUT2D eigenvalue weighted by Gasteiger charge is -2.11. The van der Waals surface area contributed by atoms with Gasteiger partial charge in [0, 0.05) is 11.9 Å². The van der Waals surface area contributed by atoms with E-state index in [1.807, 2.05) is 6.92 Å². The maximum atomic E-state index is 12.7. The first kappa shape index (κ1) is 21.2. The number of pyridine rings is 1. The number of nitrogens with one attached hydrogen (secondary N) is 1. The Hall–Kier alpha value is -3.55. The van der Waals surface area contributed by atoms with Crippen LogP contribution in [-0.4, -0.2) is 17.1 Å². The molecule has 1 aromatic heterocycles. The van der Waals surface area contributed by atoms with E-state index in [2.05, 4.69) is 5.32 Å². The minimum Gasteiger partial charge on any atom is -0.494 e. The largest absolute Gasteiger partial charge is 0.494 e. The predicted octanol–water partition coefficient (Wildman–Crippen LogP) is 4.57. The fourth-order valence-electron chi connectivity index (χ4n) is 2.83. The number of carbonyl (C=O) groups excluding carboxylic acids is 1. The van der Waals surface area contributed by atoms with Gasteiger partial charge in [-0.1, -0.05) is 12.1 Å². The van der Waals surface area contributed by atoms with Gasteiger partial charge in [0.1, 0.15) is 11.3 Å². The number of nitrogens with zero attached hydrogens (tertiary/aromatic N) is 1. The fourth-order valence-corrected chi connectivity index (χ4v) is 2.83. The first-order valence-electron chi connectivity index (χ1n) is 9.17. The van der Waals surface area contributed by atoms with Crippen molar-refractivity contribution in [3.05, 3.63) is 93.9 Å². The molecule has 30 heavy (non-hydrogen) atoms. The second-order valence-electron chi connectivity index (χ2n) is 6.46. The molecule has 0 spiro atoms. The molecular formula is C22H19F3N2O3. The molecule has 1 heterocycles. The Labute approximate surface area is 170 Å². The van der Waals surface area contributed by atoms with Gasteiger partial charge in [0.15, 0.2) is 0 Å². The number of hydrogen-bond acceptors (Lipinski definition) is 3. The third-order valence-corrected chi connectivity index (χ3v) is 4.32. The van der Waals surface area contributed by atoms with Crippen LogP contribution in [0.3, 0.4) is 0 Å². The van der Waals surface area contributed by atoms with Gasteiger partial charge in [-0.3, -0.25) is 9.59 Å². The van der Waals surface area contributed by atoms with Crippen molar-refractivity contribution in [2.24, 2.45) is 0 Å². The van der Waals surface area contributed by atoms with Crippen molar-refractivity contribution in [1.82, 2.24) is 4.57 Å². The zero-order chi connectivity index (χ0) is 21.7. The molecule has 0 aliphatic rings. The third kappa shape index (κ3) is 5.08. The number of ether oxygens (including phenoxy) is 1. The van der Waals surface area contributed by atoms with Crippen LogP contribution in [0.5, 0.6) is 5.75 Å². The number of anilines is 1. The smallest absolute Gasteiger partial charge is 0.416 e. The normalized spacial score (nSPS) is 11.2. The van der Waals surface area contributed by atoms with Gasteiger partial charge < -0.3 is 14.6 Å². The van der Waals surface area contributed by atoms with E-state index >= 15 is 0 Å². The average Bonchev–Trinajstić information content (AvgIpc) is 2.71. The van der Waals surface area contributed by atoms with Crippen molar-refractivity contribution in [3.8, 4) is 5.75 Å². The van der Waals surface area contributed by atoms with Gasteiger partial charge in [-0.15, -0.1) is 0 Å². The summed E-state index contributed by atoms with van der Waals surface area (Å²) in [6, 6.07) is 14.2. The Morgan fingerprint density at radius 3 is 2.30 bits per heavy atom. The van der Waals surface area contributed by atoms with Crippen molar-refractivity contribution in [2.45, 2.75) is 19.6 Å². The Kier molecular flexibility index (Phi) is 6.25. The molecular weight excluding hydrogens is 397 g/mol. The molecule has 0 bridgehead atoms. The average molecular weight is 416 g/mol. The highest BCUT2D eigenvalue weighted by atomic mass is 19.4. The van der Waals surface area contributed by atoms with Crippen LogP contribution in [0.25, 0.3) is 0 Å². The van der Waals surface area contributed by atoms with Crippen molar-refractivity contribution >= 4 is 11.6 Å². The van der Waals surface area contributed by atoms with Crippen LogP contribution in [0, 0.1) is 0 Å². The first-order chi connectivity index (χ1) is 14.3. The van der Waals surface area contributed by atoms with Gasteiger partial charge in [0.25, 0.3) is 11.5 Å². The van der Waals surface area contributed by atoms with Crippen molar-refractivity contribution in [3.63, 3.8) is 0 Å². The van der Waals surface area contributed by atoms with Crippen LogP contribution in [0.1, 0.15) is 28.4 Å². The van der Waals surface area contributed by atoms with E-state index in [-0.39, 0.29) is 12.1 Å². The van der Waals surface area contributed by atoms with E-state index in [1.54, 1.807) is 30.3 Å². The van der Waals surface area contributed by atoms with Crippen LogP contribution in [0.2, 0.25) is 0 Å². The Balaban J connectivity index is 1.75. The Morgan fingerprint density at radius 2 is 1.70 bits per heavy atom. The monoisotopic (exact) mass is 416 g/mol. The quantitative estimate of drug-likeness (QED) is 0.641. The van der Waals surface area contributed by atoms with Gasteiger partial charge in [0.2, 0.25) is 0 Å². The lowest BCUT2D eigenvalue weighted by molar-refractivity contribution is -0.137. The van der Waals surface area contributed by atoms with E-state index in [0.29, 0.717) is 23.6 Å². The highest BCUT2D eigenvalue weighted by Crippen LogP contribution is 2.29. The lowest BCUT2D eigenvalue weighted by Crippen LogP contribution is -2.29. The zero-order valence-electron chi connectivity index (χ0n) is 16.1. The molecule has 3 rings (SSSR count). The summed E-state index contributed by atoms with van der Waals surface area (Å²) in [7, 11) is 0. The van der Waals surface area contributed by atoms with E-state index in [1.165, 1.54) is 29.0 Å². The molecule has 5 nitrogen and oxygen atoms in total. The molecule has 156 valence electrons. The number of alkyl halides is 3. The molecule has 0 atom stereocenters. The van der Waals surface area contributed by atoms with Gasteiger partial charge in [-0.05, 0) is 61.0 Å². The number of hydrogen-bond donors (Lipinski definition) is 1. The lowest BCUT2D eigenvalue weighted by atomic mass is 10.1. The summed E-state index contributed by atoms with van der Waals surface area (Å²) < 4.78 is 44.7. The van der Waals surface area contributed by atoms with E-state index in [4.69, 9.17) is 4.74 Å². The third-order valence-electron chi connectivity index (χ3n) is 4.32. The summed E-state index contributed by atoms with van der Waals surface area (Å²) in [5.74, 6) is 0.0834. The van der Waals surface area contributed by atoms with Crippen LogP contribution >= 0.6 is 0 Å². The molecule has 0 radical (unpaired) electrons. The van der Waals surface area contributed by atoms with Crippen molar-refractivity contribution in [2.75, 3.05) is 11.9 Å². The van der Waals surface area contributed by atoms with Crippen molar-refractivity contribution in [1.29, 1.82) is 0 Å². The molecule has 1 amide bonds.